The molecule has 1 aromatic carbocycles. The van der Waals surface area contributed by atoms with Crippen molar-refractivity contribution in [3.63, 3.8) is 0 Å². The highest BCUT2D eigenvalue weighted by atomic mass is 16.5. The normalized spacial score (nSPS) is 11.5. The van der Waals surface area contributed by atoms with Gasteiger partial charge in [0.1, 0.15) is 12.0 Å². The van der Waals surface area contributed by atoms with E-state index in [4.69, 9.17) is 10.00 Å². The Balaban J connectivity index is 3.27. The van der Waals surface area contributed by atoms with Crippen molar-refractivity contribution in [2.24, 2.45) is 0 Å². The summed E-state index contributed by atoms with van der Waals surface area (Å²) in [5, 5.41) is 8.93. The quantitative estimate of drug-likeness (QED) is 0.705. The third-order valence-corrected chi connectivity index (χ3v) is 2.15. The second kappa shape index (κ2) is 5.16. The van der Waals surface area contributed by atoms with Gasteiger partial charge in [-0.1, -0.05) is 13.0 Å². The molecule has 78 valence electrons. The second-order valence-corrected chi connectivity index (χ2v) is 3.19. The zero-order valence-corrected chi connectivity index (χ0v) is 8.86. The van der Waals surface area contributed by atoms with Crippen LogP contribution in [0.4, 0.5) is 0 Å². The van der Waals surface area contributed by atoms with Gasteiger partial charge in [0.25, 0.3) is 0 Å². The van der Waals surface area contributed by atoms with Gasteiger partial charge in [-0.3, -0.25) is 0 Å². The summed E-state index contributed by atoms with van der Waals surface area (Å²) < 4.78 is 5.39. The molecule has 0 bridgehead atoms. The maximum absolute atomic E-state index is 10.8. The van der Waals surface area contributed by atoms with Gasteiger partial charge in [-0.2, -0.15) is 5.26 Å². The van der Waals surface area contributed by atoms with E-state index in [0.717, 1.165) is 6.29 Å². The summed E-state index contributed by atoms with van der Waals surface area (Å²) in [6.07, 6.45) is 0.818. The van der Waals surface area contributed by atoms with E-state index in [1.165, 1.54) is 0 Å². The summed E-state index contributed by atoms with van der Waals surface area (Å²) in [5.41, 5.74) is 1.18. The maximum Gasteiger partial charge on any atom is 0.127 e. The number of hydrogen-bond donors (Lipinski definition) is 0. The molecule has 0 aliphatic carbocycles. The minimum absolute atomic E-state index is 0.317. The largest absolute Gasteiger partial charge is 0.494 e. The fraction of sp³-hybridized carbons (Fsp3) is 0.333. The fourth-order valence-electron chi connectivity index (χ4n) is 1.46. The zero-order valence-electron chi connectivity index (χ0n) is 8.86. The van der Waals surface area contributed by atoms with E-state index in [9.17, 15) is 4.79 Å². The van der Waals surface area contributed by atoms with Gasteiger partial charge in [-0.15, -0.1) is 0 Å². The smallest absolute Gasteiger partial charge is 0.127 e. The van der Waals surface area contributed by atoms with Crippen LogP contribution in [-0.4, -0.2) is 12.9 Å². The van der Waals surface area contributed by atoms with E-state index in [2.05, 4.69) is 6.07 Å². The monoisotopic (exact) mass is 203 g/mol. The molecule has 0 N–H and O–H groups in total. The summed E-state index contributed by atoms with van der Waals surface area (Å²) >= 11 is 0. The van der Waals surface area contributed by atoms with Crippen LogP contribution in [0, 0.1) is 11.3 Å². The van der Waals surface area contributed by atoms with Crippen molar-refractivity contribution >= 4 is 6.29 Å². The van der Waals surface area contributed by atoms with E-state index in [1.807, 2.05) is 6.92 Å². The molecule has 0 saturated heterocycles. The van der Waals surface area contributed by atoms with Crippen molar-refractivity contribution in [2.45, 2.75) is 19.8 Å². The summed E-state index contributed by atoms with van der Waals surface area (Å²) in [6.45, 7) is 4.15. The Bertz CT molecular complexity index is 393. The van der Waals surface area contributed by atoms with Crippen molar-refractivity contribution in [3.8, 4) is 11.8 Å². The van der Waals surface area contributed by atoms with E-state index < -0.39 is 0 Å². The summed E-state index contributed by atoms with van der Waals surface area (Å²) in [6, 6.07) is 7.30. The molecule has 1 aromatic rings. The molecular weight excluding hydrogens is 190 g/mol. The van der Waals surface area contributed by atoms with E-state index in [0.29, 0.717) is 23.5 Å². The average molecular weight is 203 g/mol. The number of ether oxygens (including phenoxy) is 1. The number of nitriles is 1. The van der Waals surface area contributed by atoms with Crippen LogP contribution in [0.1, 0.15) is 30.9 Å². The third-order valence-electron chi connectivity index (χ3n) is 2.15. The minimum Gasteiger partial charge on any atom is -0.494 e. The molecule has 0 aliphatic heterocycles. The molecule has 1 unspecified atom stereocenters. The fourth-order valence-corrected chi connectivity index (χ4v) is 1.46. The van der Waals surface area contributed by atoms with Crippen LogP contribution in [0.5, 0.6) is 5.75 Å². The molecule has 15 heavy (non-hydrogen) atoms. The van der Waals surface area contributed by atoms with Gasteiger partial charge in [-0.05, 0) is 19.1 Å². The first kappa shape index (κ1) is 11.3. The Morgan fingerprint density at radius 2 is 2.33 bits per heavy atom. The van der Waals surface area contributed by atoms with Gasteiger partial charge in [0.15, 0.2) is 0 Å². The molecule has 0 aromatic heterocycles. The first-order chi connectivity index (χ1) is 7.24. The van der Waals surface area contributed by atoms with Crippen molar-refractivity contribution in [1.82, 2.24) is 0 Å². The predicted octanol–water partition coefficient (Wildman–Crippen LogP) is 2.26. The van der Waals surface area contributed by atoms with Crippen molar-refractivity contribution in [2.75, 3.05) is 6.61 Å². The molecule has 0 amide bonds. The molecular formula is C12H13NO2. The van der Waals surface area contributed by atoms with Crippen LogP contribution in [0.2, 0.25) is 0 Å². The molecule has 3 heteroatoms. The number of benzene rings is 1. The highest BCUT2D eigenvalue weighted by molar-refractivity contribution is 5.66. The highest BCUT2D eigenvalue weighted by Crippen LogP contribution is 2.28. The first-order valence-corrected chi connectivity index (χ1v) is 4.85. The van der Waals surface area contributed by atoms with Gasteiger partial charge in [0.2, 0.25) is 0 Å². The lowest BCUT2D eigenvalue weighted by Gasteiger charge is -2.13. The van der Waals surface area contributed by atoms with Crippen LogP contribution in [0.15, 0.2) is 18.2 Å². The van der Waals surface area contributed by atoms with Crippen LogP contribution in [0.3, 0.4) is 0 Å². The Morgan fingerprint density at radius 3 is 2.87 bits per heavy atom. The molecule has 3 nitrogen and oxygen atoms in total. The number of rotatable bonds is 4. The third kappa shape index (κ3) is 2.35. The van der Waals surface area contributed by atoms with Gasteiger partial charge in [0.05, 0.1) is 18.2 Å². The standard InChI is InChI=1S/C12H13NO2/c1-3-15-11-6-4-5-10(7-13)12(11)9(2)8-14/h4-6,8-9H,3H2,1-2H3. The molecule has 0 heterocycles. The SMILES string of the molecule is CCOc1cccc(C#N)c1C(C)C=O. The van der Waals surface area contributed by atoms with Crippen molar-refractivity contribution in [1.29, 1.82) is 5.26 Å². The molecule has 0 fully saturated rings. The molecule has 0 aliphatic rings. The second-order valence-electron chi connectivity index (χ2n) is 3.19. The summed E-state index contributed by atoms with van der Waals surface area (Å²) in [4.78, 5) is 10.8. The van der Waals surface area contributed by atoms with Crippen molar-refractivity contribution in [3.05, 3.63) is 29.3 Å². The number of nitrogens with zero attached hydrogens (tertiary/aromatic N) is 1. The number of carbonyl (C=O) groups excluding carboxylic acids is 1. The van der Waals surface area contributed by atoms with Gasteiger partial charge in [-0.25, -0.2) is 0 Å². The molecule has 0 radical (unpaired) electrons. The van der Waals surface area contributed by atoms with Gasteiger partial charge < -0.3 is 9.53 Å². The summed E-state index contributed by atoms with van der Waals surface area (Å²) in [7, 11) is 0. The first-order valence-electron chi connectivity index (χ1n) is 4.85. The topological polar surface area (TPSA) is 50.1 Å². The number of hydrogen-bond acceptors (Lipinski definition) is 3. The maximum atomic E-state index is 10.8. The molecule has 0 spiro atoms. The molecule has 1 rings (SSSR count). The van der Waals surface area contributed by atoms with Gasteiger partial charge >= 0.3 is 0 Å². The minimum atomic E-state index is -0.317. The van der Waals surface area contributed by atoms with Crippen LogP contribution >= 0.6 is 0 Å². The van der Waals surface area contributed by atoms with Crippen molar-refractivity contribution < 1.29 is 9.53 Å². The van der Waals surface area contributed by atoms with E-state index >= 15 is 0 Å². The lowest BCUT2D eigenvalue weighted by molar-refractivity contribution is -0.108. The molecule has 1 atom stereocenters. The Kier molecular flexibility index (Phi) is 3.87. The van der Waals surface area contributed by atoms with E-state index in [1.54, 1.807) is 25.1 Å². The highest BCUT2D eigenvalue weighted by Gasteiger charge is 2.15. The number of aldehydes is 1. The van der Waals surface area contributed by atoms with Crippen LogP contribution in [0.25, 0.3) is 0 Å². The van der Waals surface area contributed by atoms with E-state index in [-0.39, 0.29) is 5.92 Å². The Hall–Kier alpha value is -1.82. The van der Waals surface area contributed by atoms with Gasteiger partial charge in [0, 0.05) is 11.5 Å². The average Bonchev–Trinajstić information content (AvgIpc) is 2.28. The summed E-state index contributed by atoms with van der Waals surface area (Å²) in [5.74, 6) is 0.304. The Labute approximate surface area is 89.3 Å². The predicted molar refractivity (Wildman–Crippen MR) is 56.8 cm³/mol. The number of carbonyl (C=O) groups is 1. The zero-order chi connectivity index (χ0) is 11.3. The lowest BCUT2D eigenvalue weighted by Crippen LogP contribution is -2.03. The Morgan fingerprint density at radius 1 is 1.60 bits per heavy atom. The molecule has 0 saturated carbocycles. The van der Waals surface area contributed by atoms with Crippen LogP contribution in [-0.2, 0) is 4.79 Å². The van der Waals surface area contributed by atoms with Crippen LogP contribution < -0.4 is 4.74 Å². The lowest BCUT2D eigenvalue weighted by atomic mass is 9.96.